The molecule has 0 atom stereocenters. The molecular formula is C7H6N6O3. The molecule has 0 aliphatic carbocycles. The molecule has 2 aromatic heterocycles. The average Bonchev–Trinajstić information content (AvgIpc) is 2.80. The van der Waals surface area contributed by atoms with Crippen LogP contribution in [0.5, 0.6) is 0 Å². The fourth-order valence-electron chi connectivity index (χ4n) is 0.935. The summed E-state index contributed by atoms with van der Waals surface area (Å²) in [5, 5.41) is 16.7. The van der Waals surface area contributed by atoms with E-state index in [1.807, 2.05) is 0 Å². The van der Waals surface area contributed by atoms with Gasteiger partial charge in [-0.15, -0.1) is 0 Å². The molecule has 0 unspecified atom stereocenters. The third-order valence-corrected chi connectivity index (χ3v) is 1.66. The maximum Gasteiger partial charge on any atom is 0.305 e. The van der Waals surface area contributed by atoms with Gasteiger partial charge in [-0.05, 0) is 0 Å². The number of anilines is 1. The predicted molar refractivity (Wildman–Crippen MR) is 50.3 cm³/mol. The zero-order valence-electron chi connectivity index (χ0n) is 7.90. The van der Waals surface area contributed by atoms with Crippen molar-refractivity contribution in [2.75, 3.05) is 5.32 Å². The molecule has 1 N–H and O–H groups in total. The number of aromatic nitrogens is 4. The van der Waals surface area contributed by atoms with Crippen LogP contribution in [-0.4, -0.2) is 25.0 Å². The van der Waals surface area contributed by atoms with E-state index < -0.39 is 4.92 Å². The zero-order valence-corrected chi connectivity index (χ0v) is 7.90. The Bertz CT molecular complexity index is 467. The van der Waals surface area contributed by atoms with Crippen molar-refractivity contribution in [1.29, 1.82) is 0 Å². The third-order valence-electron chi connectivity index (χ3n) is 1.66. The van der Waals surface area contributed by atoms with Gasteiger partial charge in [0.25, 0.3) is 0 Å². The molecule has 0 spiro atoms. The van der Waals surface area contributed by atoms with Crippen molar-refractivity contribution in [3.63, 3.8) is 0 Å². The molecule has 9 nitrogen and oxygen atoms in total. The lowest BCUT2D eigenvalue weighted by Crippen LogP contribution is -2.05. The molecule has 0 amide bonds. The quantitative estimate of drug-likeness (QED) is 0.582. The van der Waals surface area contributed by atoms with E-state index in [0.717, 1.165) is 12.4 Å². The number of hydrogen-bond donors (Lipinski definition) is 1. The molecule has 0 aliphatic rings. The van der Waals surface area contributed by atoms with E-state index in [1.54, 1.807) is 0 Å². The van der Waals surface area contributed by atoms with Gasteiger partial charge in [-0.25, -0.2) is 9.97 Å². The second kappa shape index (κ2) is 4.29. The van der Waals surface area contributed by atoms with Gasteiger partial charge in [0, 0.05) is 0 Å². The van der Waals surface area contributed by atoms with Crippen LogP contribution in [0.4, 0.5) is 11.6 Å². The molecule has 2 heterocycles. The normalized spacial score (nSPS) is 10.0. The second-order valence-electron chi connectivity index (χ2n) is 2.72. The Labute approximate surface area is 88.7 Å². The van der Waals surface area contributed by atoms with Crippen molar-refractivity contribution in [2.24, 2.45) is 0 Å². The largest absolute Gasteiger partial charge is 0.347 e. The Hall–Kier alpha value is -2.58. The van der Waals surface area contributed by atoms with Gasteiger partial charge in [-0.3, -0.25) is 10.1 Å². The maximum absolute atomic E-state index is 10.3. The Morgan fingerprint density at radius 2 is 2.12 bits per heavy atom. The molecule has 82 valence electrons. The van der Waals surface area contributed by atoms with Gasteiger partial charge in [0.05, 0.1) is 11.5 Å². The van der Waals surface area contributed by atoms with Gasteiger partial charge >= 0.3 is 5.69 Å². The first kappa shape index (κ1) is 9.96. The van der Waals surface area contributed by atoms with E-state index in [2.05, 4.69) is 29.9 Å². The highest BCUT2D eigenvalue weighted by molar-refractivity contribution is 5.30. The van der Waals surface area contributed by atoms with Gasteiger partial charge in [0.1, 0.15) is 12.4 Å². The van der Waals surface area contributed by atoms with Crippen LogP contribution >= 0.6 is 0 Å². The minimum absolute atomic E-state index is 0.162. The van der Waals surface area contributed by atoms with E-state index >= 15 is 0 Å². The molecule has 0 fully saturated rings. The minimum atomic E-state index is -0.567. The molecule has 0 radical (unpaired) electrons. The van der Waals surface area contributed by atoms with E-state index in [9.17, 15) is 10.1 Å². The molecular weight excluding hydrogens is 216 g/mol. The summed E-state index contributed by atoms with van der Waals surface area (Å²) in [6.07, 6.45) is 3.44. The van der Waals surface area contributed by atoms with E-state index in [1.165, 1.54) is 6.39 Å². The van der Waals surface area contributed by atoms with Crippen LogP contribution < -0.4 is 5.32 Å². The summed E-state index contributed by atoms with van der Waals surface area (Å²) < 4.78 is 4.52. The van der Waals surface area contributed by atoms with Crippen molar-refractivity contribution >= 4 is 11.6 Å². The van der Waals surface area contributed by atoms with Gasteiger partial charge in [-0.2, -0.15) is 4.98 Å². The average molecular weight is 222 g/mol. The third kappa shape index (κ3) is 2.26. The number of hydrogen-bond acceptors (Lipinski definition) is 8. The van der Waals surface area contributed by atoms with E-state index in [0.29, 0.717) is 5.82 Å². The maximum atomic E-state index is 10.3. The molecule has 0 aromatic carbocycles. The molecule has 2 rings (SSSR count). The van der Waals surface area contributed by atoms with Gasteiger partial charge in [0.15, 0.2) is 5.82 Å². The summed E-state index contributed by atoms with van der Waals surface area (Å²) in [6, 6.07) is 0. The van der Waals surface area contributed by atoms with Crippen LogP contribution in [0.3, 0.4) is 0 Å². The Morgan fingerprint density at radius 1 is 1.38 bits per heavy atom. The molecule has 0 bridgehead atoms. The summed E-state index contributed by atoms with van der Waals surface area (Å²) in [7, 11) is 0. The van der Waals surface area contributed by atoms with Crippen molar-refractivity contribution in [2.45, 2.75) is 6.54 Å². The number of nitrogens with one attached hydrogen (secondary N) is 1. The first-order valence-corrected chi connectivity index (χ1v) is 4.21. The van der Waals surface area contributed by atoms with E-state index in [4.69, 9.17) is 0 Å². The topological polar surface area (TPSA) is 120 Å². The highest BCUT2D eigenvalue weighted by atomic mass is 16.6. The van der Waals surface area contributed by atoms with Crippen molar-refractivity contribution < 1.29 is 9.45 Å². The molecule has 0 saturated carbocycles. The van der Waals surface area contributed by atoms with Crippen LogP contribution in [0.2, 0.25) is 0 Å². The van der Waals surface area contributed by atoms with E-state index in [-0.39, 0.29) is 18.2 Å². The zero-order chi connectivity index (χ0) is 11.4. The summed E-state index contributed by atoms with van der Waals surface area (Å²) in [6.45, 7) is 0.286. The lowest BCUT2D eigenvalue weighted by Gasteiger charge is -1.99. The highest BCUT2D eigenvalue weighted by Crippen LogP contribution is 2.08. The molecule has 16 heavy (non-hydrogen) atoms. The van der Waals surface area contributed by atoms with Crippen molar-refractivity contribution in [1.82, 2.24) is 20.1 Å². The summed E-state index contributed by atoms with van der Waals surface area (Å²) in [5.41, 5.74) is -0.162. The first-order valence-electron chi connectivity index (χ1n) is 4.21. The summed E-state index contributed by atoms with van der Waals surface area (Å²) in [4.78, 5) is 21.0. The fraction of sp³-hybridized carbons (Fsp3) is 0.143. The molecule has 9 heteroatoms. The van der Waals surface area contributed by atoms with Crippen molar-refractivity contribution in [3.05, 3.63) is 34.7 Å². The second-order valence-corrected chi connectivity index (χ2v) is 2.72. The lowest BCUT2D eigenvalue weighted by atomic mass is 10.5. The summed E-state index contributed by atoms with van der Waals surface area (Å²) >= 11 is 0. The fourth-order valence-corrected chi connectivity index (χ4v) is 0.935. The standard InChI is InChI=1S/C7H6N6O3/c14-13(15)5-1-8-7(9-2-5)10-3-6-11-4-16-12-6/h1-2,4H,3H2,(H,8,9,10). The molecule has 0 saturated heterocycles. The highest BCUT2D eigenvalue weighted by Gasteiger charge is 2.06. The lowest BCUT2D eigenvalue weighted by molar-refractivity contribution is -0.385. The van der Waals surface area contributed by atoms with Crippen molar-refractivity contribution in [3.8, 4) is 0 Å². The first-order chi connectivity index (χ1) is 7.75. The SMILES string of the molecule is O=[N+]([O-])c1cnc(NCc2ncon2)nc1. The predicted octanol–water partition coefficient (Wildman–Crippen LogP) is 0.380. The van der Waals surface area contributed by atoms with Crippen LogP contribution in [0, 0.1) is 10.1 Å². The summed E-state index contributed by atoms with van der Waals surface area (Å²) in [5.74, 6) is 0.706. The Kier molecular flexibility index (Phi) is 2.67. The van der Waals surface area contributed by atoms with Crippen LogP contribution in [0.25, 0.3) is 0 Å². The van der Waals surface area contributed by atoms with Gasteiger partial charge < -0.3 is 9.84 Å². The van der Waals surface area contributed by atoms with Crippen LogP contribution in [0.1, 0.15) is 5.82 Å². The molecule has 0 aliphatic heterocycles. The van der Waals surface area contributed by atoms with Crippen LogP contribution in [-0.2, 0) is 6.54 Å². The minimum Gasteiger partial charge on any atom is -0.347 e. The van der Waals surface area contributed by atoms with Crippen LogP contribution in [0.15, 0.2) is 23.3 Å². The number of rotatable bonds is 4. The van der Waals surface area contributed by atoms with Gasteiger partial charge in [-0.1, -0.05) is 5.16 Å². The number of nitrogens with zero attached hydrogens (tertiary/aromatic N) is 5. The Balaban J connectivity index is 1.98. The number of nitro groups is 1. The smallest absolute Gasteiger partial charge is 0.305 e. The Morgan fingerprint density at radius 3 is 2.69 bits per heavy atom. The molecule has 2 aromatic rings. The monoisotopic (exact) mass is 222 g/mol. The van der Waals surface area contributed by atoms with Gasteiger partial charge in [0.2, 0.25) is 12.3 Å².